The number of benzene rings is 2. The SMILES string of the molecule is CCCc1ccc(-c2ccc(Br)cc2C(=O)O)cc1. The molecule has 0 unspecified atom stereocenters. The molecule has 0 atom stereocenters. The molecule has 0 amide bonds. The van der Waals surface area contributed by atoms with Gasteiger partial charge in [-0.2, -0.15) is 0 Å². The zero-order chi connectivity index (χ0) is 13.8. The highest BCUT2D eigenvalue weighted by Crippen LogP contribution is 2.27. The van der Waals surface area contributed by atoms with Crippen molar-refractivity contribution in [1.29, 1.82) is 0 Å². The van der Waals surface area contributed by atoms with Crippen molar-refractivity contribution >= 4 is 21.9 Å². The summed E-state index contributed by atoms with van der Waals surface area (Å²) >= 11 is 3.31. The van der Waals surface area contributed by atoms with Crippen LogP contribution in [0.4, 0.5) is 0 Å². The maximum absolute atomic E-state index is 11.3. The molecule has 0 aliphatic carbocycles. The smallest absolute Gasteiger partial charge is 0.336 e. The first-order valence-electron chi connectivity index (χ1n) is 6.24. The van der Waals surface area contributed by atoms with Gasteiger partial charge in [-0.1, -0.05) is 59.6 Å². The van der Waals surface area contributed by atoms with Gasteiger partial charge in [-0.05, 0) is 35.2 Å². The summed E-state index contributed by atoms with van der Waals surface area (Å²) in [7, 11) is 0. The van der Waals surface area contributed by atoms with Crippen molar-refractivity contribution in [1.82, 2.24) is 0 Å². The Morgan fingerprint density at radius 2 is 1.84 bits per heavy atom. The first kappa shape index (κ1) is 13.8. The largest absolute Gasteiger partial charge is 0.478 e. The van der Waals surface area contributed by atoms with Gasteiger partial charge in [0.1, 0.15) is 0 Å². The molecule has 0 spiro atoms. The van der Waals surface area contributed by atoms with Gasteiger partial charge in [-0.3, -0.25) is 0 Å². The molecule has 2 nitrogen and oxygen atoms in total. The van der Waals surface area contributed by atoms with E-state index >= 15 is 0 Å². The average Bonchev–Trinajstić information content (AvgIpc) is 2.40. The van der Waals surface area contributed by atoms with E-state index in [0.717, 1.165) is 28.4 Å². The molecule has 0 saturated heterocycles. The number of aryl methyl sites for hydroxylation is 1. The van der Waals surface area contributed by atoms with Gasteiger partial charge in [0.15, 0.2) is 0 Å². The molecule has 2 aromatic carbocycles. The van der Waals surface area contributed by atoms with E-state index in [1.54, 1.807) is 6.07 Å². The Kier molecular flexibility index (Phi) is 4.38. The molecular weight excluding hydrogens is 304 g/mol. The minimum absolute atomic E-state index is 0.317. The number of carbonyl (C=O) groups is 1. The van der Waals surface area contributed by atoms with Gasteiger partial charge in [-0.15, -0.1) is 0 Å². The van der Waals surface area contributed by atoms with Crippen LogP contribution in [-0.4, -0.2) is 11.1 Å². The van der Waals surface area contributed by atoms with Crippen LogP contribution in [-0.2, 0) is 6.42 Å². The van der Waals surface area contributed by atoms with Crippen molar-refractivity contribution in [3.63, 3.8) is 0 Å². The first-order valence-corrected chi connectivity index (χ1v) is 7.03. The summed E-state index contributed by atoms with van der Waals surface area (Å²) in [6.45, 7) is 2.14. The zero-order valence-electron chi connectivity index (χ0n) is 10.7. The summed E-state index contributed by atoms with van der Waals surface area (Å²) in [6, 6.07) is 13.4. The number of halogens is 1. The lowest BCUT2D eigenvalue weighted by molar-refractivity contribution is 0.0697. The first-order chi connectivity index (χ1) is 9.11. The minimum atomic E-state index is -0.908. The monoisotopic (exact) mass is 318 g/mol. The van der Waals surface area contributed by atoms with Crippen molar-refractivity contribution in [2.24, 2.45) is 0 Å². The number of aromatic carboxylic acids is 1. The Balaban J connectivity index is 2.43. The van der Waals surface area contributed by atoms with Crippen molar-refractivity contribution in [2.75, 3.05) is 0 Å². The molecule has 0 radical (unpaired) electrons. The molecule has 2 rings (SSSR count). The fourth-order valence-corrected chi connectivity index (χ4v) is 2.45. The van der Waals surface area contributed by atoms with Gasteiger partial charge >= 0.3 is 5.97 Å². The van der Waals surface area contributed by atoms with Crippen LogP contribution >= 0.6 is 15.9 Å². The van der Waals surface area contributed by atoms with E-state index in [9.17, 15) is 9.90 Å². The van der Waals surface area contributed by atoms with Gasteiger partial charge in [0, 0.05) is 4.47 Å². The number of hydrogen-bond acceptors (Lipinski definition) is 1. The van der Waals surface area contributed by atoms with Gasteiger partial charge in [-0.25, -0.2) is 4.79 Å². The predicted molar refractivity (Wildman–Crippen MR) is 80.5 cm³/mol. The Hall–Kier alpha value is -1.61. The van der Waals surface area contributed by atoms with Gasteiger partial charge in [0.05, 0.1) is 5.56 Å². The van der Waals surface area contributed by atoms with E-state index in [1.807, 2.05) is 24.3 Å². The lowest BCUT2D eigenvalue weighted by Crippen LogP contribution is -1.99. The number of carboxylic acids is 1. The summed E-state index contributed by atoms with van der Waals surface area (Å²) in [5.41, 5.74) is 3.28. The number of rotatable bonds is 4. The second kappa shape index (κ2) is 6.02. The molecular formula is C16H15BrO2. The Morgan fingerprint density at radius 1 is 1.16 bits per heavy atom. The van der Waals surface area contributed by atoms with Crippen molar-refractivity contribution in [3.05, 3.63) is 58.1 Å². The normalized spacial score (nSPS) is 10.4. The molecule has 0 bridgehead atoms. The second-order valence-corrected chi connectivity index (χ2v) is 5.36. The van der Waals surface area contributed by atoms with Crippen LogP contribution in [0.1, 0.15) is 29.3 Å². The maximum Gasteiger partial charge on any atom is 0.336 e. The third kappa shape index (κ3) is 3.24. The molecule has 19 heavy (non-hydrogen) atoms. The number of hydrogen-bond donors (Lipinski definition) is 1. The van der Waals surface area contributed by atoms with Crippen molar-refractivity contribution in [2.45, 2.75) is 19.8 Å². The summed E-state index contributed by atoms with van der Waals surface area (Å²) in [5, 5.41) is 9.27. The topological polar surface area (TPSA) is 37.3 Å². The van der Waals surface area contributed by atoms with Crippen LogP contribution in [0.25, 0.3) is 11.1 Å². The third-order valence-electron chi connectivity index (χ3n) is 3.02. The summed E-state index contributed by atoms with van der Waals surface area (Å²) < 4.78 is 0.774. The van der Waals surface area contributed by atoms with E-state index in [0.29, 0.717) is 5.56 Å². The highest BCUT2D eigenvalue weighted by Gasteiger charge is 2.12. The van der Waals surface area contributed by atoms with Crippen LogP contribution in [0.3, 0.4) is 0 Å². The van der Waals surface area contributed by atoms with E-state index in [1.165, 1.54) is 5.56 Å². The summed E-state index contributed by atoms with van der Waals surface area (Å²) in [4.78, 5) is 11.3. The maximum atomic E-state index is 11.3. The van der Waals surface area contributed by atoms with Crippen LogP contribution < -0.4 is 0 Å². The Morgan fingerprint density at radius 3 is 2.42 bits per heavy atom. The molecule has 98 valence electrons. The Bertz CT molecular complexity index is 588. The van der Waals surface area contributed by atoms with Crippen molar-refractivity contribution < 1.29 is 9.90 Å². The standard InChI is InChI=1S/C16H15BrO2/c1-2-3-11-4-6-12(7-5-11)14-9-8-13(17)10-15(14)16(18)19/h4-10H,2-3H2,1H3,(H,18,19). The highest BCUT2D eigenvalue weighted by atomic mass is 79.9. The average molecular weight is 319 g/mol. The Labute approximate surface area is 121 Å². The molecule has 1 N–H and O–H groups in total. The quantitative estimate of drug-likeness (QED) is 0.881. The van der Waals surface area contributed by atoms with Crippen LogP contribution in [0.5, 0.6) is 0 Å². The lowest BCUT2D eigenvalue weighted by atomic mass is 9.98. The van der Waals surface area contributed by atoms with Crippen LogP contribution in [0.15, 0.2) is 46.9 Å². The molecule has 0 aromatic heterocycles. The van der Waals surface area contributed by atoms with Crippen molar-refractivity contribution in [3.8, 4) is 11.1 Å². The molecule has 0 saturated carbocycles. The summed E-state index contributed by atoms with van der Waals surface area (Å²) in [5.74, 6) is -0.908. The lowest BCUT2D eigenvalue weighted by Gasteiger charge is -2.08. The fraction of sp³-hybridized carbons (Fsp3) is 0.188. The predicted octanol–water partition coefficient (Wildman–Crippen LogP) is 4.77. The molecule has 0 heterocycles. The molecule has 0 fully saturated rings. The van der Waals surface area contributed by atoms with Gasteiger partial charge < -0.3 is 5.11 Å². The van der Waals surface area contributed by atoms with Gasteiger partial charge in [0.25, 0.3) is 0 Å². The summed E-state index contributed by atoms with van der Waals surface area (Å²) in [6.07, 6.45) is 2.16. The molecule has 3 heteroatoms. The third-order valence-corrected chi connectivity index (χ3v) is 3.51. The zero-order valence-corrected chi connectivity index (χ0v) is 12.3. The molecule has 2 aromatic rings. The van der Waals surface area contributed by atoms with E-state index in [2.05, 4.69) is 35.0 Å². The van der Waals surface area contributed by atoms with Crippen LogP contribution in [0, 0.1) is 0 Å². The second-order valence-electron chi connectivity index (χ2n) is 4.44. The highest BCUT2D eigenvalue weighted by molar-refractivity contribution is 9.10. The molecule has 0 aliphatic heterocycles. The number of carboxylic acid groups (broad SMARTS) is 1. The fourth-order valence-electron chi connectivity index (χ4n) is 2.08. The van der Waals surface area contributed by atoms with Gasteiger partial charge in [0.2, 0.25) is 0 Å². The van der Waals surface area contributed by atoms with E-state index in [4.69, 9.17) is 0 Å². The molecule has 0 aliphatic rings. The van der Waals surface area contributed by atoms with Crippen LogP contribution in [0.2, 0.25) is 0 Å². The minimum Gasteiger partial charge on any atom is -0.478 e. The van der Waals surface area contributed by atoms with E-state index < -0.39 is 5.97 Å². The van der Waals surface area contributed by atoms with E-state index in [-0.39, 0.29) is 0 Å².